The predicted octanol–water partition coefficient (Wildman–Crippen LogP) is 12.2. The SMILES string of the molecule is CCCCC/C=C\C/C=C\CCCCCCCCC(CCCCCCCC/C=C\C/C=C\CCCCC)CN(C)CCN=C(N)N. The number of nitrogens with two attached hydrogens (primary N) is 2. The topological polar surface area (TPSA) is 67.6 Å². The van der Waals surface area contributed by atoms with E-state index in [0.717, 1.165) is 25.3 Å². The second-order valence-electron chi connectivity index (χ2n) is 13.7. The molecule has 0 heterocycles. The fourth-order valence-corrected chi connectivity index (χ4v) is 6.05. The molecule has 268 valence electrons. The Morgan fingerprint density at radius 3 is 1.28 bits per heavy atom. The van der Waals surface area contributed by atoms with E-state index in [4.69, 9.17) is 11.5 Å². The number of allylic oxidation sites excluding steroid dienone is 8. The van der Waals surface area contributed by atoms with Crippen molar-refractivity contribution in [3.63, 3.8) is 0 Å². The first-order valence-electron chi connectivity index (χ1n) is 19.9. The smallest absolute Gasteiger partial charge is 0.185 e. The highest BCUT2D eigenvalue weighted by molar-refractivity contribution is 5.75. The Labute approximate surface area is 288 Å². The Morgan fingerprint density at radius 1 is 0.522 bits per heavy atom. The van der Waals surface area contributed by atoms with Crippen LogP contribution in [0.15, 0.2) is 53.6 Å². The third kappa shape index (κ3) is 36.7. The van der Waals surface area contributed by atoms with Gasteiger partial charge in [0.25, 0.3) is 0 Å². The van der Waals surface area contributed by atoms with Gasteiger partial charge in [0.15, 0.2) is 5.96 Å². The Kier molecular flexibility index (Phi) is 36.2. The number of hydrogen-bond donors (Lipinski definition) is 2. The van der Waals surface area contributed by atoms with E-state index >= 15 is 0 Å². The molecule has 0 fully saturated rings. The minimum atomic E-state index is 0.202. The lowest BCUT2D eigenvalue weighted by Gasteiger charge is -2.24. The summed E-state index contributed by atoms with van der Waals surface area (Å²) in [6, 6.07) is 0. The van der Waals surface area contributed by atoms with Gasteiger partial charge in [0.1, 0.15) is 0 Å². The van der Waals surface area contributed by atoms with Crippen LogP contribution in [0.1, 0.15) is 181 Å². The highest BCUT2D eigenvalue weighted by atomic mass is 15.1. The molecule has 46 heavy (non-hydrogen) atoms. The maximum atomic E-state index is 5.53. The molecular weight excluding hydrogens is 560 g/mol. The molecular formula is C42H80N4. The average Bonchev–Trinajstić information content (AvgIpc) is 3.04. The van der Waals surface area contributed by atoms with Gasteiger partial charge in [-0.25, -0.2) is 0 Å². The minimum Gasteiger partial charge on any atom is -0.370 e. The van der Waals surface area contributed by atoms with E-state index in [1.165, 1.54) is 161 Å². The highest BCUT2D eigenvalue weighted by Crippen LogP contribution is 2.20. The first-order chi connectivity index (χ1) is 22.6. The van der Waals surface area contributed by atoms with Crippen molar-refractivity contribution in [2.45, 2.75) is 181 Å². The van der Waals surface area contributed by atoms with Gasteiger partial charge in [0.05, 0.1) is 6.54 Å². The monoisotopic (exact) mass is 641 g/mol. The van der Waals surface area contributed by atoms with Crippen LogP contribution in [-0.4, -0.2) is 37.5 Å². The van der Waals surface area contributed by atoms with Crippen LogP contribution in [0.4, 0.5) is 0 Å². The fraction of sp³-hybridized carbons (Fsp3) is 0.786. The zero-order valence-electron chi connectivity index (χ0n) is 31.3. The van der Waals surface area contributed by atoms with Gasteiger partial charge in [-0.3, -0.25) is 4.99 Å². The molecule has 0 unspecified atom stereocenters. The molecule has 0 aromatic carbocycles. The normalized spacial score (nSPS) is 12.4. The van der Waals surface area contributed by atoms with Gasteiger partial charge in [-0.15, -0.1) is 0 Å². The maximum Gasteiger partial charge on any atom is 0.185 e. The third-order valence-electron chi connectivity index (χ3n) is 8.97. The van der Waals surface area contributed by atoms with Crippen molar-refractivity contribution in [1.82, 2.24) is 4.90 Å². The molecule has 0 spiro atoms. The van der Waals surface area contributed by atoms with Crippen LogP contribution >= 0.6 is 0 Å². The second kappa shape index (κ2) is 37.6. The zero-order valence-corrected chi connectivity index (χ0v) is 31.3. The van der Waals surface area contributed by atoms with E-state index in [0.29, 0.717) is 6.54 Å². The van der Waals surface area contributed by atoms with Gasteiger partial charge in [-0.05, 0) is 90.0 Å². The number of unbranched alkanes of at least 4 members (excludes halogenated alkanes) is 18. The van der Waals surface area contributed by atoms with E-state index in [2.05, 4.69) is 79.4 Å². The zero-order chi connectivity index (χ0) is 33.6. The summed E-state index contributed by atoms with van der Waals surface area (Å²) in [5.41, 5.74) is 11.1. The number of hydrogen-bond acceptors (Lipinski definition) is 2. The van der Waals surface area contributed by atoms with Crippen molar-refractivity contribution in [3.05, 3.63) is 48.6 Å². The van der Waals surface area contributed by atoms with Gasteiger partial charge in [-0.2, -0.15) is 0 Å². The molecule has 4 nitrogen and oxygen atoms in total. The molecule has 0 rings (SSSR count). The minimum absolute atomic E-state index is 0.202. The molecule has 0 aliphatic carbocycles. The molecule has 4 heteroatoms. The van der Waals surface area contributed by atoms with Crippen molar-refractivity contribution in [1.29, 1.82) is 0 Å². The van der Waals surface area contributed by atoms with Crippen LogP contribution in [0.2, 0.25) is 0 Å². The molecule has 0 amide bonds. The highest BCUT2D eigenvalue weighted by Gasteiger charge is 2.12. The van der Waals surface area contributed by atoms with Gasteiger partial charge in [0, 0.05) is 13.1 Å². The van der Waals surface area contributed by atoms with Crippen LogP contribution in [0.5, 0.6) is 0 Å². The molecule has 0 aliphatic rings. The van der Waals surface area contributed by atoms with E-state index in [1.54, 1.807) is 0 Å². The summed E-state index contributed by atoms with van der Waals surface area (Å²) in [5.74, 6) is 0.994. The van der Waals surface area contributed by atoms with Crippen LogP contribution in [0.3, 0.4) is 0 Å². The number of likely N-dealkylation sites (N-methyl/N-ethyl adjacent to an activating group) is 1. The van der Waals surface area contributed by atoms with E-state index in [-0.39, 0.29) is 5.96 Å². The summed E-state index contributed by atoms with van der Waals surface area (Å²) >= 11 is 0. The number of aliphatic imine (C=N–C) groups is 1. The predicted molar refractivity (Wildman–Crippen MR) is 210 cm³/mol. The third-order valence-corrected chi connectivity index (χ3v) is 8.97. The molecule has 0 atom stereocenters. The molecule has 0 bridgehead atoms. The molecule has 0 radical (unpaired) electrons. The van der Waals surface area contributed by atoms with Gasteiger partial charge in [0.2, 0.25) is 0 Å². The fourth-order valence-electron chi connectivity index (χ4n) is 6.05. The molecule has 4 N–H and O–H groups in total. The Morgan fingerprint density at radius 2 is 0.891 bits per heavy atom. The summed E-state index contributed by atoms with van der Waals surface area (Å²) in [6.45, 7) is 7.33. The van der Waals surface area contributed by atoms with Gasteiger partial charge < -0.3 is 16.4 Å². The lowest BCUT2D eigenvalue weighted by molar-refractivity contribution is 0.255. The number of nitrogens with zero attached hydrogens (tertiary/aromatic N) is 2. The summed E-state index contributed by atoms with van der Waals surface area (Å²) < 4.78 is 0. The molecule has 0 saturated carbocycles. The lowest BCUT2D eigenvalue weighted by atomic mass is 9.93. The van der Waals surface area contributed by atoms with Crippen molar-refractivity contribution in [2.24, 2.45) is 22.4 Å². The molecule has 0 aromatic heterocycles. The van der Waals surface area contributed by atoms with Crippen molar-refractivity contribution < 1.29 is 0 Å². The van der Waals surface area contributed by atoms with Crippen LogP contribution in [0.25, 0.3) is 0 Å². The van der Waals surface area contributed by atoms with Gasteiger partial charge >= 0.3 is 0 Å². The van der Waals surface area contributed by atoms with E-state index < -0.39 is 0 Å². The quantitative estimate of drug-likeness (QED) is 0.0313. The summed E-state index contributed by atoms with van der Waals surface area (Å²) in [7, 11) is 2.23. The van der Waals surface area contributed by atoms with Crippen molar-refractivity contribution in [3.8, 4) is 0 Å². The summed E-state index contributed by atoms with van der Waals surface area (Å²) in [4.78, 5) is 6.62. The standard InChI is InChI=1S/C42H80N4/c1-4-6-8-10-12-14-16-18-20-22-24-26-28-30-32-34-36-41(40-46(3)39-38-45-42(43)44)37-35-33-31-29-27-25-23-21-19-17-15-13-11-9-7-5-2/h12-15,18-21,41H,4-11,16-17,22-40H2,1-3H3,(H4,43,44,45)/b14-12-,15-13-,20-18-,21-19-. The van der Waals surface area contributed by atoms with E-state index in [1.807, 2.05) is 0 Å². The first kappa shape index (κ1) is 44.2. The van der Waals surface area contributed by atoms with Crippen LogP contribution in [-0.2, 0) is 0 Å². The Hall–Kier alpha value is -1.81. The van der Waals surface area contributed by atoms with Gasteiger partial charge in [-0.1, -0.05) is 152 Å². The van der Waals surface area contributed by atoms with Crippen molar-refractivity contribution in [2.75, 3.05) is 26.7 Å². The maximum absolute atomic E-state index is 5.53. The molecule has 0 saturated heterocycles. The first-order valence-corrected chi connectivity index (χ1v) is 19.9. The molecule has 0 aromatic rings. The second-order valence-corrected chi connectivity index (χ2v) is 13.7. The van der Waals surface area contributed by atoms with Crippen LogP contribution < -0.4 is 11.5 Å². The lowest BCUT2D eigenvalue weighted by Crippen LogP contribution is -2.30. The van der Waals surface area contributed by atoms with Crippen LogP contribution in [0, 0.1) is 5.92 Å². The summed E-state index contributed by atoms with van der Waals surface area (Å²) in [6.07, 6.45) is 53.3. The Balaban J connectivity index is 4.03. The molecule has 0 aliphatic heterocycles. The number of rotatable bonds is 35. The average molecular weight is 641 g/mol. The Bertz CT molecular complexity index is 699. The largest absolute Gasteiger partial charge is 0.370 e. The van der Waals surface area contributed by atoms with E-state index in [9.17, 15) is 0 Å². The van der Waals surface area contributed by atoms with Crippen molar-refractivity contribution >= 4 is 5.96 Å². The number of guanidine groups is 1. The summed E-state index contributed by atoms with van der Waals surface area (Å²) in [5, 5.41) is 0.